The van der Waals surface area contributed by atoms with Crippen molar-refractivity contribution in [2.75, 3.05) is 6.79 Å². The lowest BCUT2D eigenvalue weighted by atomic mass is 10.0. The van der Waals surface area contributed by atoms with Gasteiger partial charge in [-0.25, -0.2) is 4.79 Å². The minimum absolute atomic E-state index is 0.0112. The maximum Gasteiger partial charge on any atom is 0.331 e. The van der Waals surface area contributed by atoms with E-state index in [-0.39, 0.29) is 24.7 Å². The highest BCUT2D eigenvalue weighted by Gasteiger charge is 2.22. The van der Waals surface area contributed by atoms with Crippen molar-refractivity contribution < 1.29 is 23.9 Å². The smallest absolute Gasteiger partial charge is 0.331 e. The first-order chi connectivity index (χ1) is 12.9. The second kappa shape index (κ2) is 7.90. The number of rotatable bonds is 6. The van der Waals surface area contributed by atoms with Crippen molar-refractivity contribution in [3.8, 4) is 11.5 Å². The molecule has 0 aliphatic carbocycles. The molecule has 7 heteroatoms. The third kappa shape index (κ3) is 4.44. The summed E-state index contributed by atoms with van der Waals surface area (Å²) in [7, 11) is 0. The Labute approximate surface area is 156 Å². The molecule has 0 bridgehead atoms. The van der Waals surface area contributed by atoms with Crippen molar-refractivity contribution in [1.29, 1.82) is 0 Å². The predicted molar refractivity (Wildman–Crippen MR) is 98.6 cm³/mol. The Morgan fingerprint density at radius 1 is 1.22 bits per heavy atom. The quantitative estimate of drug-likeness (QED) is 0.328. The lowest BCUT2D eigenvalue weighted by Crippen LogP contribution is -2.01. The highest BCUT2D eigenvalue weighted by molar-refractivity contribution is 5.88. The van der Waals surface area contributed by atoms with Gasteiger partial charge in [0.15, 0.2) is 11.5 Å². The van der Waals surface area contributed by atoms with E-state index in [9.17, 15) is 14.9 Å². The first-order valence-electron chi connectivity index (χ1n) is 8.45. The zero-order valence-corrected chi connectivity index (χ0v) is 15.0. The van der Waals surface area contributed by atoms with Crippen LogP contribution in [0, 0.1) is 10.1 Å². The van der Waals surface area contributed by atoms with Gasteiger partial charge in [-0.1, -0.05) is 38.1 Å². The molecule has 0 aromatic heterocycles. The minimum Gasteiger partial charge on any atom is -0.458 e. The van der Waals surface area contributed by atoms with E-state index >= 15 is 0 Å². The molecule has 27 heavy (non-hydrogen) atoms. The highest BCUT2D eigenvalue weighted by atomic mass is 16.7. The number of nitrogens with zero attached hydrogens (tertiary/aromatic N) is 1. The molecule has 0 atom stereocenters. The summed E-state index contributed by atoms with van der Waals surface area (Å²) in [6.07, 6.45) is 2.50. The minimum atomic E-state index is -0.588. The molecule has 0 amide bonds. The third-order valence-corrected chi connectivity index (χ3v) is 4.15. The van der Waals surface area contributed by atoms with E-state index in [2.05, 4.69) is 13.8 Å². The zero-order valence-electron chi connectivity index (χ0n) is 15.0. The first kappa shape index (κ1) is 18.4. The molecule has 0 N–H and O–H groups in total. The number of hydrogen-bond donors (Lipinski definition) is 0. The molecule has 0 saturated heterocycles. The molecule has 2 aromatic carbocycles. The van der Waals surface area contributed by atoms with E-state index in [4.69, 9.17) is 14.2 Å². The second-order valence-corrected chi connectivity index (χ2v) is 6.36. The van der Waals surface area contributed by atoms with Gasteiger partial charge in [-0.05, 0) is 29.2 Å². The third-order valence-electron chi connectivity index (χ3n) is 4.15. The van der Waals surface area contributed by atoms with Crippen molar-refractivity contribution in [3.05, 3.63) is 69.3 Å². The SMILES string of the molecule is CC(C)c1ccc(COC(=O)/C=C/c2cc3c(cc2[N+](=O)[O-])OCO3)cc1. The van der Waals surface area contributed by atoms with Crippen molar-refractivity contribution >= 4 is 17.7 Å². The fourth-order valence-electron chi connectivity index (χ4n) is 2.60. The second-order valence-electron chi connectivity index (χ2n) is 6.36. The molecule has 2 aromatic rings. The van der Waals surface area contributed by atoms with Crippen LogP contribution in [0.3, 0.4) is 0 Å². The number of benzene rings is 2. The first-order valence-corrected chi connectivity index (χ1v) is 8.45. The van der Waals surface area contributed by atoms with E-state index in [0.29, 0.717) is 17.4 Å². The summed E-state index contributed by atoms with van der Waals surface area (Å²) in [6, 6.07) is 10.6. The van der Waals surface area contributed by atoms with Gasteiger partial charge in [0.25, 0.3) is 5.69 Å². The molecule has 0 radical (unpaired) electrons. The molecule has 3 rings (SSSR count). The Bertz CT molecular complexity index is 886. The summed E-state index contributed by atoms with van der Waals surface area (Å²) in [6.45, 7) is 4.35. The molecule has 140 valence electrons. The van der Waals surface area contributed by atoms with Gasteiger partial charge in [-0.3, -0.25) is 10.1 Å². The Kier molecular flexibility index (Phi) is 5.40. The maximum absolute atomic E-state index is 11.9. The average Bonchev–Trinajstić information content (AvgIpc) is 3.11. The van der Waals surface area contributed by atoms with Crippen molar-refractivity contribution in [1.82, 2.24) is 0 Å². The van der Waals surface area contributed by atoms with Crippen LogP contribution in [0.4, 0.5) is 5.69 Å². The van der Waals surface area contributed by atoms with Crippen LogP contribution in [0.25, 0.3) is 6.08 Å². The van der Waals surface area contributed by atoms with Crippen LogP contribution < -0.4 is 9.47 Å². The Hall–Kier alpha value is -3.35. The molecule has 1 aliphatic rings. The number of hydrogen-bond acceptors (Lipinski definition) is 6. The Balaban J connectivity index is 1.65. The van der Waals surface area contributed by atoms with Gasteiger partial charge >= 0.3 is 5.97 Å². The summed E-state index contributed by atoms with van der Waals surface area (Å²) in [5.41, 5.74) is 2.14. The molecule has 0 unspecified atom stereocenters. The number of nitro groups is 1. The molecular weight excluding hydrogens is 350 g/mol. The molecule has 1 heterocycles. The number of esters is 1. The van der Waals surface area contributed by atoms with Gasteiger partial charge in [0.1, 0.15) is 6.61 Å². The van der Waals surface area contributed by atoms with Crippen LogP contribution in [0.1, 0.15) is 36.5 Å². The van der Waals surface area contributed by atoms with Gasteiger partial charge in [0, 0.05) is 6.08 Å². The number of nitro benzene ring substituents is 1. The van der Waals surface area contributed by atoms with E-state index in [1.807, 2.05) is 24.3 Å². The molecule has 0 fully saturated rings. The van der Waals surface area contributed by atoms with Crippen LogP contribution in [0.15, 0.2) is 42.5 Å². The van der Waals surface area contributed by atoms with Crippen LogP contribution in [-0.2, 0) is 16.1 Å². The Morgan fingerprint density at radius 2 is 1.89 bits per heavy atom. The van der Waals surface area contributed by atoms with Crippen LogP contribution in [-0.4, -0.2) is 17.7 Å². The number of ether oxygens (including phenoxy) is 3. The molecule has 0 spiro atoms. The molecular formula is C20H19NO6. The van der Waals surface area contributed by atoms with Gasteiger partial charge in [0.05, 0.1) is 16.6 Å². The average molecular weight is 369 g/mol. The van der Waals surface area contributed by atoms with Gasteiger partial charge in [0.2, 0.25) is 6.79 Å². The van der Waals surface area contributed by atoms with Crippen molar-refractivity contribution in [2.45, 2.75) is 26.4 Å². The van der Waals surface area contributed by atoms with E-state index in [1.54, 1.807) is 0 Å². The van der Waals surface area contributed by atoms with Gasteiger partial charge < -0.3 is 14.2 Å². The van der Waals surface area contributed by atoms with Crippen LogP contribution in [0.5, 0.6) is 11.5 Å². The van der Waals surface area contributed by atoms with Gasteiger partial charge in [-0.2, -0.15) is 0 Å². The predicted octanol–water partition coefficient (Wildman–Crippen LogP) is 4.20. The summed E-state index contributed by atoms with van der Waals surface area (Å²) in [4.78, 5) is 22.6. The van der Waals surface area contributed by atoms with Gasteiger partial charge in [-0.15, -0.1) is 0 Å². The maximum atomic E-state index is 11.9. The van der Waals surface area contributed by atoms with E-state index in [0.717, 1.165) is 11.6 Å². The molecule has 7 nitrogen and oxygen atoms in total. The zero-order chi connectivity index (χ0) is 19.4. The van der Waals surface area contributed by atoms with Crippen LogP contribution >= 0.6 is 0 Å². The lowest BCUT2D eigenvalue weighted by molar-refractivity contribution is -0.385. The highest BCUT2D eigenvalue weighted by Crippen LogP contribution is 2.38. The fraction of sp³-hybridized carbons (Fsp3) is 0.250. The lowest BCUT2D eigenvalue weighted by Gasteiger charge is -2.07. The summed E-state index contributed by atoms with van der Waals surface area (Å²) < 4.78 is 15.5. The topological polar surface area (TPSA) is 87.9 Å². The normalized spacial score (nSPS) is 12.6. The fourth-order valence-corrected chi connectivity index (χ4v) is 2.60. The number of fused-ring (bicyclic) bond motifs is 1. The summed E-state index contributed by atoms with van der Waals surface area (Å²) >= 11 is 0. The number of carbonyl (C=O) groups is 1. The summed E-state index contributed by atoms with van der Waals surface area (Å²) in [5, 5.41) is 11.2. The largest absolute Gasteiger partial charge is 0.458 e. The summed E-state index contributed by atoms with van der Waals surface area (Å²) in [5.74, 6) is 0.557. The van der Waals surface area contributed by atoms with Crippen molar-refractivity contribution in [2.24, 2.45) is 0 Å². The standard InChI is InChI=1S/C20H19NO6/c1-13(2)15-5-3-14(4-6-15)11-25-20(22)8-7-16-9-18-19(27-12-26-18)10-17(16)21(23)24/h3-10,13H,11-12H2,1-2H3/b8-7+. The number of carbonyl (C=O) groups excluding carboxylic acids is 1. The molecule has 0 saturated carbocycles. The van der Waals surface area contributed by atoms with E-state index < -0.39 is 10.9 Å². The Morgan fingerprint density at radius 3 is 2.52 bits per heavy atom. The van der Waals surface area contributed by atoms with Crippen LogP contribution in [0.2, 0.25) is 0 Å². The van der Waals surface area contributed by atoms with Crippen molar-refractivity contribution in [3.63, 3.8) is 0 Å². The monoisotopic (exact) mass is 369 g/mol. The van der Waals surface area contributed by atoms with E-state index in [1.165, 1.54) is 23.8 Å². The molecule has 1 aliphatic heterocycles.